The van der Waals surface area contributed by atoms with E-state index in [2.05, 4.69) is 25.2 Å². The molecule has 5 heteroatoms. The molecule has 0 bridgehead atoms. The zero-order valence-corrected chi connectivity index (χ0v) is 19.3. The first-order valence-electron chi connectivity index (χ1n) is 12.2. The van der Waals surface area contributed by atoms with Gasteiger partial charge in [-0.25, -0.2) is 0 Å². The Hall–Kier alpha value is -1.14. The Morgan fingerprint density at radius 3 is 2.68 bits per heavy atom. The number of fused-ring (bicyclic) bond motifs is 5. The van der Waals surface area contributed by atoms with Crippen molar-refractivity contribution in [1.82, 2.24) is 5.32 Å². The van der Waals surface area contributed by atoms with E-state index >= 15 is 0 Å². The molecule has 3 N–H and O–H groups in total. The lowest BCUT2D eigenvalue weighted by Crippen LogP contribution is -2.63. The number of hydrogen-bond acceptors (Lipinski definition) is 5. The molecule has 3 fully saturated rings. The lowest BCUT2D eigenvalue weighted by atomic mass is 9.44. The van der Waals surface area contributed by atoms with E-state index in [9.17, 15) is 10.2 Å². The quantitative estimate of drug-likeness (QED) is 0.484. The Balaban J connectivity index is 1.42. The van der Waals surface area contributed by atoms with Crippen LogP contribution in [-0.2, 0) is 10.3 Å². The number of nitrogens with one attached hydrogen (secondary N) is 1. The predicted molar refractivity (Wildman–Crippen MR) is 119 cm³/mol. The summed E-state index contributed by atoms with van der Waals surface area (Å²) < 4.78 is 11.4. The molecule has 0 spiro atoms. The normalized spacial score (nSPS) is 46.7. The van der Waals surface area contributed by atoms with Crippen molar-refractivity contribution in [3.8, 4) is 0 Å². The van der Waals surface area contributed by atoms with E-state index < -0.39 is 16.6 Å². The SMILES string of the molecule is CNCCO[C@@H]1C=C2CC[C@@H]3[C@H](CC[C@]4(C)[C@@](O)(c5ccoc5)CC[C@]34O)[C@@]2(C)CC1. The Morgan fingerprint density at radius 2 is 1.94 bits per heavy atom. The maximum Gasteiger partial charge on any atom is 0.101 e. The standard InChI is InChI=1S/C26H39NO4/c1-23-9-6-20(31-15-13-27-3)16-18(23)4-5-22-21(23)7-10-24(2)25(28,11-12-26(22,24)29)19-8-14-30-17-19/h8,14,16-17,20-22,27-29H,4-7,9-13,15H2,1-3H3/t20-,21-,22+,23-,24+,25-,26-/m0/s1. The van der Waals surface area contributed by atoms with Crippen LogP contribution in [0.3, 0.4) is 0 Å². The highest BCUT2D eigenvalue weighted by Gasteiger charge is 2.71. The van der Waals surface area contributed by atoms with Gasteiger partial charge in [-0.15, -0.1) is 0 Å². The molecule has 1 aromatic rings. The van der Waals surface area contributed by atoms with Crippen molar-refractivity contribution in [3.63, 3.8) is 0 Å². The third-order valence-electron chi connectivity index (χ3n) is 10.1. The van der Waals surface area contributed by atoms with Crippen LogP contribution >= 0.6 is 0 Å². The van der Waals surface area contributed by atoms with Gasteiger partial charge < -0.3 is 24.7 Å². The van der Waals surface area contributed by atoms with Crippen molar-refractivity contribution in [3.05, 3.63) is 35.8 Å². The molecule has 0 aliphatic heterocycles. The molecule has 7 atom stereocenters. The van der Waals surface area contributed by atoms with Crippen molar-refractivity contribution in [2.75, 3.05) is 20.2 Å². The van der Waals surface area contributed by atoms with Gasteiger partial charge in [0.15, 0.2) is 0 Å². The number of furan rings is 1. The van der Waals surface area contributed by atoms with Crippen LogP contribution in [0.1, 0.15) is 70.8 Å². The van der Waals surface area contributed by atoms with Gasteiger partial charge in [0, 0.05) is 17.5 Å². The number of likely N-dealkylation sites (N-methyl/N-ethyl adjacent to an activating group) is 1. The monoisotopic (exact) mass is 429 g/mol. The van der Waals surface area contributed by atoms with Crippen LogP contribution in [0.2, 0.25) is 0 Å². The highest BCUT2D eigenvalue weighted by Crippen LogP contribution is 2.71. The van der Waals surface area contributed by atoms with Crippen molar-refractivity contribution in [1.29, 1.82) is 0 Å². The topological polar surface area (TPSA) is 74.9 Å². The minimum absolute atomic E-state index is 0.138. The van der Waals surface area contributed by atoms with Gasteiger partial charge in [-0.05, 0) is 81.7 Å². The highest BCUT2D eigenvalue weighted by molar-refractivity contribution is 5.33. The molecule has 5 rings (SSSR count). The van der Waals surface area contributed by atoms with Gasteiger partial charge in [0.2, 0.25) is 0 Å². The molecule has 0 aromatic carbocycles. The van der Waals surface area contributed by atoms with Gasteiger partial charge in [-0.1, -0.05) is 25.5 Å². The van der Waals surface area contributed by atoms with Gasteiger partial charge in [-0.2, -0.15) is 0 Å². The minimum atomic E-state index is -1.02. The van der Waals surface area contributed by atoms with Gasteiger partial charge in [0.1, 0.15) is 5.60 Å². The fraction of sp³-hybridized carbons (Fsp3) is 0.769. The maximum atomic E-state index is 12.3. The van der Waals surface area contributed by atoms with Crippen LogP contribution in [0.25, 0.3) is 0 Å². The summed E-state index contributed by atoms with van der Waals surface area (Å²) in [5, 5.41) is 27.3. The van der Waals surface area contributed by atoms with Crippen molar-refractivity contribution in [2.45, 2.75) is 82.5 Å². The first-order chi connectivity index (χ1) is 14.8. The zero-order chi connectivity index (χ0) is 21.9. The van der Waals surface area contributed by atoms with Crippen LogP contribution in [0.15, 0.2) is 34.7 Å². The van der Waals surface area contributed by atoms with E-state index in [1.54, 1.807) is 18.1 Å². The summed E-state index contributed by atoms with van der Waals surface area (Å²) in [6, 6.07) is 1.88. The second-order valence-electron chi connectivity index (χ2n) is 11.1. The molecule has 1 heterocycles. The van der Waals surface area contributed by atoms with Crippen LogP contribution < -0.4 is 5.32 Å². The highest BCUT2D eigenvalue weighted by atomic mass is 16.5. The summed E-state index contributed by atoms with van der Waals surface area (Å²) in [5.74, 6) is 0.701. The molecule has 4 aliphatic rings. The molecule has 5 nitrogen and oxygen atoms in total. The number of hydrogen-bond donors (Lipinski definition) is 3. The smallest absolute Gasteiger partial charge is 0.101 e. The Kier molecular flexibility index (Phi) is 5.21. The second-order valence-corrected chi connectivity index (χ2v) is 11.1. The second kappa shape index (κ2) is 7.44. The largest absolute Gasteiger partial charge is 0.472 e. The molecule has 0 unspecified atom stereocenters. The van der Waals surface area contributed by atoms with E-state index in [0.717, 1.165) is 57.2 Å². The number of allylic oxidation sites excluding steroid dienone is 1. The van der Waals surface area contributed by atoms with E-state index in [4.69, 9.17) is 9.15 Å². The van der Waals surface area contributed by atoms with Gasteiger partial charge >= 0.3 is 0 Å². The van der Waals surface area contributed by atoms with Crippen LogP contribution in [0, 0.1) is 22.7 Å². The summed E-state index contributed by atoms with van der Waals surface area (Å²) in [7, 11) is 1.96. The average molecular weight is 430 g/mol. The molecule has 1 aromatic heterocycles. The van der Waals surface area contributed by atoms with E-state index in [-0.39, 0.29) is 17.4 Å². The first kappa shape index (κ1) is 21.7. The summed E-state index contributed by atoms with van der Waals surface area (Å²) in [6.07, 6.45) is 13.3. The Labute approximate surface area is 186 Å². The lowest BCUT2D eigenvalue weighted by molar-refractivity contribution is -0.222. The van der Waals surface area contributed by atoms with Gasteiger partial charge in [0.05, 0.1) is 30.8 Å². The van der Waals surface area contributed by atoms with Crippen molar-refractivity contribution in [2.24, 2.45) is 22.7 Å². The first-order valence-corrected chi connectivity index (χ1v) is 12.2. The lowest BCUT2D eigenvalue weighted by Gasteiger charge is -2.62. The van der Waals surface area contributed by atoms with E-state index in [1.165, 1.54) is 0 Å². The molecule has 0 amide bonds. The number of rotatable bonds is 5. The number of ether oxygens (including phenoxy) is 1. The van der Waals surface area contributed by atoms with Gasteiger partial charge in [-0.3, -0.25) is 0 Å². The van der Waals surface area contributed by atoms with Crippen LogP contribution in [-0.4, -0.2) is 42.1 Å². The predicted octanol–water partition coefficient (Wildman–Crippen LogP) is 4.15. The maximum absolute atomic E-state index is 12.3. The molecule has 3 saturated carbocycles. The van der Waals surface area contributed by atoms with E-state index in [0.29, 0.717) is 18.8 Å². The third-order valence-corrected chi connectivity index (χ3v) is 10.1. The van der Waals surface area contributed by atoms with Crippen molar-refractivity contribution >= 4 is 0 Å². The fourth-order valence-corrected chi connectivity index (χ4v) is 8.09. The Morgan fingerprint density at radius 1 is 1.10 bits per heavy atom. The summed E-state index contributed by atoms with van der Waals surface area (Å²) in [5.41, 5.74) is 0.109. The minimum Gasteiger partial charge on any atom is -0.472 e. The molecule has 31 heavy (non-hydrogen) atoms. The molecular weight excluding hydrogens is 390 g/mol. The zero-order valence-electron chi connectivity index (χ0n) is 19.3. The molecular formula is C26H39NO4. The average Bonchev–Trinajstić information content (AvgIpc) is 3.36. The summed E-state index contributed by atoms with van der Waals surface area (Å²) >= 11 is 0. The fourth-order valence-electron chi connectivity index (χ4n) is 8.09. The van der Waals surface area contributed by atoms with E-state index in [1.807, 2.05) is 13.1 Å². The molecule has 0 radical (unpaired) electrons. The summed E-state index contributed by atoms with van der Waals surface area (Å²) in [6.45, 7) is 6.19. The third kappa shape index (κ3) is 2.89. The van der Waals surface area contributed by atoms with Crippen LogP contribution in [0.4, 0.5) is 0 Å². The molecule has 0 saturated heterocycles. The van der Waals surface area contributed by atoms with Gasteiger partial charge in [0.25, 0.3) is 0 Å². The van der Waals surface area contributed by atoms with Crippen LogP contribution in [0.5, 0.6) is 0 Å². The summed E-state index contributed by atoms with van der Waals surface area (Å²) in [4.78, 5) is 0. The number of aliphatic hydroxyl groups is 2. The molecule has 172 valence electrons. The van der Waals surface area contributed by atoms with Crippen molar-refractivity contribution < 1.29 is 19.4 Å². The Bertz CT molecular complexity index is 836. The molecule has 4 aliphatic carbocycles.